The molecule has 0 amide bonds. The van der Waals surface area contributed by atoms with Gasteiger partial charge >= 0.3 is 11.9 Å². The van der Waals surface area contributed by atoms with Crippen LogP contribution in [0.2, 0.25) is 0 Å². The summed E-state index contributed by atoms with van der Waals surface area (Å²) in [5.41, 5.74) is 0.723. The van der Waals surface area contributed by atoms with Gasteiger partial charge < -0.3 is 13.9 Å². The molecule has 2 rings (SSSR count). The summed E-state index contributed by atoms with van der Waals surface area (Å²) in [6.45, 7) is 4.79. The molecule has 112 valence electrons. The lowest BCUT2D eigenvalue weighted by atomic mass is 10.2. The van der Waals surface area contributed by atoms with Gasteiger partial charge in [-0.1, -0.05) is 13.3 Å². The second-order valence-electron chi connectivity index (χ2n) is 4.36. The third-order valence-corrected chi connectivity index (χ3v) is 2.74. The molecule has 0 spiro atoms. The highest BCUT2D eigenvalue weighted by atomic mass is 16.5. The normalized spacial score (nSPS) is 10.4. The van der Waals surface area contributed by atoms with Crippen LogP contribution in [-0.2, 0) is 4.74 Å². The Morgan fingerprint density at radius 2 is 1.95 bits per heavy atom. The quantitative estimate of drug-likeness (QED) is 0.576. The zero-order valence-corrected chi connectivity index (χ0v) is 12.2. The fraction of sp³-hybridized carbons (Fsp3) is 0.400. The van der Waals surface area contributed by atoms with Crippen molar-refractivity contribution in [2.75, 3.05) is 13.2 Å². The van der Waals surface area contributed by atoms with Crippen molar-refractivity contribution >= 4 is 5.97 Å². The fourth-order valence-electron chi connectivity index (χ4n) is 1.64. The molecule has 0 atom stereocenters. The molecule has 6 nitrogen and oxygen atoms in total. The van der Waals surface area contributed by atoms with Crippen molar-refractivity contribution in [2.24, 2.45) is 0 Å². The van der Waals surface area contributed by atoms with Gasteiger partial charge in [0.05, 0.1) is 13.2 Å². The second kappa shape index (κ2) is 7.42. The lowest BCUT2D eigenvalue weighted by molar-refractivity contribution is 0.0481. The van der Waals surface area contributed by atoms with E-state index in [4.69, 9.17) is 13.9 Å². The Bertz CT molecular complexity index is 578. The van der Waals surface area contributed by atoms with Crippen molar-refractivity contribution in [3.8, 4) is 17.2 Å². The third-order valence-electron chi connectivity index (χ3n) is 2.74. The van der Waals surface area contributed by atoms with E-state index in [1.54, 1.807) is 6.92 Å². The number of carbonyl (C=O) groups excluding carboxylic acids is 1. The number of rotatable bonds is 7. The second-order valence-corrected chi connectivity index (χ2v) is 4.36. The van der Waals surface area contributed by atoms with Crippen molar-refractivity contribution < 1.29 is 18.7 Å². The predicted molar refractivity (Wildman–Crippen MR) is 76.1 cm³/mol. The van der Waals surface area contributed by atoms with E-state index in [0.29, 0.717) is 6.61 Å². The molecule has 1 aromatic carbocycles. The fourth-order valence-corrected chi connectivity index (χ4v) is 1.64. The van der Waals surface area contributed by atoms with Crippen molar-refractivity contribution in [3.05, 3.63) is 30.2 Å². The van der Waals surface area contributed by atoms with Crippen molar-refractivity contribution in [2.45, 2.75) is 26.7 Å². The molecule has 1 heterocycles. The number of hydrogen-bond acceptors (Lipinski definition) is 6. The molecule has 6 heteroatoms. The standard InChI is InChI=1S/C15H18N2O4/c1-3-5-10-20-12-8-6-11(7-9-12)13-16-17-14(21-13)15(18)19-4-2/h6-9H,3-5,10H2,1-2H3. The van der Waals surface area contributed by atoms with Gasteiger partial charge in [0.2, 0.25) is 5.89 Å². The summed E-state index contributed by atoms with van der Waals surface area (Å²) < 4.78 is 15.7. The van der Waals surface area contributed by atoms with E-state index in [-0.39, 0.29) is 18.4 Å². The summed E-state index contributed by atoms with van der Waals surface area (Å²) >= 11 is 0. The van der Waals surface area contributed by atoms with Crippen LogP contribution in [0.25, 0.3) is 11.5 Å². The van der Waals surface area contributed by atoms with Crippen LogP contribution < -0.4 is 4.74 Å². The number of nitrogens with zero attached hydrogens (tertiary/aromatic N) is 2. The van der Waals surface area contributed by atoms with Crippen LogP contribution in [-0.4, -0.2) is 29.4 Å². The molecule has 0 fully saturated rings. The molecule has 0 aliphatic rings. The van der Waals surface area contributed by atoms with Crippen LogP contribution in [0, 0.1) is 0 Å². The summed E-state index contributed by atoms with van der Waals surface area (Å²) in [6, 6.07) is 7.28. The van der Waals surface area contributed by atoms with Crippen LogP contribution in [0.3, 0.4) is 0 Å². The summed E-state index contributed by atoms with van der Waals surface area (Å²) in [5, 5.41) is 7.51. The largest absolute Gasteiger partial charge is 0.494 e. The average Bonchev–Trinajstić information content (AvgIpc) is 2.98. The van der Waals surface area contributed by atoms with Gasteiger partial charge in [-0.05, 0) is 37.6 Å². The SMILES string of the molecule is CCCCOc1ccc(-c2nnc(C(=O)OCC)o2)cc1. The number of unbranched alkanes of at least 4 members (excludes halogenated alkanes) is 1. The Kier molecular flexibility index (Phi) is 5.31. The average molecular weight is 290 g/mol. The first kappa shape index (κ1) is 15.0. The first-order valence-electron chi connectivity index (χ1n) is 6.98. The van der Waals surface area contributed by atoms with E-state index in [1.165, 1.54) is 0 Å². The maximum atomic E-state index is 11.5. The summed E-state index contributed by atoms with van der Waals surface area (Å²) in [4.78, 5) is 11.5. The van der Waals surface area contributed by atoms with Crippen LogP contribution in [0.4, 0.5) is 0 Å². The Labute approximate surface area is 123 Å². The molecule has 0 bridgehead atoms. The maximum Gasteiger partial charge on any atom is 0.396 e. The Morgan fingerprint density at radius 1 is 1.19 bits per heavy atom. The molecular weight excluding hydrogens is 272 g/mol. The first-order valence-corrected chi connectivity index (χ1v) is 6.98. The highest BCUT2D eigenvalue weighted by molar-refractivity contribution is 5.84. The molecule has 0 radical (unpaired) electrons. The first-order chi connectivity index (χ1) is 10.2. The van der Waals surface area contributed by atoms with E-state index >= 15 is 0 Å². The minimum Gasteiger partial charge on any atom is -0.494 e. The highest BCUT2D eigenvalue weighted by Gasteiger charge is 2.16. The molecule has 21 heavy (non-hydrogen) atoms. The molecule has 0 N–H and O–H groups in total. The van der Waals surface area contributed by atoms with E-state index < -0.39 is 5.97 Å². The smallest absolute Gasteiger partial charge is 0.396 e. The summed E-state index contributed by atoms with van der Waals surface area (Å²) in [7, 11) is 0. The molecule has 2 aromatic rings. The number of ether oxygens (including phenoxy) is 2. The number of carbonyl (C=O) groups is 1. The molecule has 0 aliphatic carbocycles. The van der Waals surface area contributed by atoms with Gasteiger partial charge in [0.15, 0.2) is 0 Å². The number of benzene rings is 1. The van der Waals surface area contributed by atoms with Crippen LogP contribution in [0.1, 0.15) is 37.4 Å². The maximum absolute atomic E-state index is 11.5. The lowest BCUT2D eigenvalue weighted by Crippen LogP contribution is -2.04. The van der Waals surface area contributed by atoms with Gasteiger partial charge in [0, 0.05) is 5.56 Å². The van der Waals surface area contributed by atoms with Gasteiger partial charge in [-0.15, -0.1) is 10.2 Å². The minimum absolute atomic E-state index is 0.143. The zero-order valence-electron chi connectivity index (χ0n) is 12.2. The molecular formula is C15H18N2O4. The third kappa shape index (κ3) is 4.05. The lowest BCUT2D eigenvalue weighted by Gasteiger charge is -2.04. The van der Waals surface area contributed by atoms with Crippen LogP contribution in [0.15, 0.2) is 28.7 Å². The van der Waals surface area contributed by atoms with Crippen LogP contribution in [0.5, 0.6) is 5.75 Å². The van der Waals surface area contributed by atoms with Gasteiger partial charge in [0.1, 0.15) is 5.75 Å². The predicted octanol–water partition coefficient (Wildman–Crippen LogP) is 3.09. The van der Waals surface area contributed by atoms with E-state index in [2.05, 4.69) is 17.1 Å². The van der Waals surface area contributed by atoms with Gasteiger partial charge in [-0.2, -0.15) is 0 Å². The van der Waals surface area contributed by atoms with Crippen molar-refractivity contribution in [1.29, 1.82) is 0 Å². The Hall–Kier alpha value is -2.37. The Balaban J connectivity index is 2.03. The molecule has 1 aromatic heterocycles. The highest BCUT2D eigenvalue weighted by Crippen LogP contribution is 2.21. The van der Waals surface area contributed by atoms with E-state index in [0.717, 1.165) is 24.2 Å². The van der Waals surface area contributed by atoms with Gasteiger partial charge in [-0.3, -0.25) is 0 Å². The molecule has 0 unspecified atom stereocenters. The van der Waals surface area contributed by atoms with E-state index in [9.17, 15) is 4.79 Å². The van der Waals surface area contributed by atoms with Gasteiger partial charge in [0.25, 0.3) is 0 Å². The van der Waals surface area contributed by atoms with Crippen molar-refractivity contribution in [3.63, 3.8) is 0 Å². The number of aromatic nitrogens is 2. The van der Waals surface area contributed by atoms with E-state index in [1.807, 2.05) is 24.3 Å². The van der Waals surface area contributed by atoms with Crippen molar-refractivity contribution in [1.82, 2.24) is 10.2 Å². The summed E-state index contributed by atoms with van der Waals surface area (Å²) in [6.07, 6.45) is 2.12. The number of esters is 1. The Morgan fingerprint density at radius 3 is 2.62 bits per heavy atom. The monoisotopic (exact) mass is 290 g/mol. The zero-order chi connectivity index (χ0) is 15.1. The summed E-state index contributed by atoms with van der Waals surface area (Å²) in [5.74, 6) is 0.307. The molecule has 0 saturated heterocycles. The number of hydrogen-bond donors (Lipinski definition) is 0. The topological polar surface area (TPSA) is 74.5 Å². The van der Waals surface area contributed by atoms with Crippen LogP contribution >= 0.6 is 0 Å². The minimum atomic E-state index is -0.615. The molecule has 0 saturated carbocycles. The molecule has 0 aliphatic heterocycles. The van der Waals surface area contributed by atoms with Gasteiger partial charge in [-0.25, -0.2) is 4.79 Å².